The Morgan fingerprint density at radius 2 is 2.10 bits per heavy atom. The van der Waals surface area contributed by atoms with Crippen molar-refractivity contribution in [1.29, 1.82) is 0 Å². The minimum absolute atomic E-state index is 0.0779. The molecule has 0 saturated carbocycles. The molecule has 1 rings (SSSR count). The molecule has 1 amide bonds. The van der Waals surface area contributed by atoms with Gasteiger partial charge >= 0.3 is 5.97 Å². The van der Waals surface area contributed by atoms with Crippen molar-refractivity contribution in [3.63, 3.8) is 0 Å². The van der Waals surface area contributed by atoms with Crippen LogP contribution in [0.1, 0.15) is 39.0 Å². The number of hydrogen-bond acceptors (Lipinski definition) is 5. The summed E-state index contributed by atoms with van der Waals surface area (Å²) in [7, 11) is -2.97. The number of rotatable bonds is 9. The monoisotopic (exact) mass is 305 g/mol. The second-order valence-electron chi connectivity index (χ2n) is 5.02. The molecular weight excluding hydrogens is 282 g/mol. The van der Waals surface area contributed by atoms with Gasteiger partial charge in [-0.05, 0) is 26.2 Å². The zero-order valence-corrected chi connectivity index (χ0v) is 12.7. The average molecular weight is 305 g/mol. The van der Waals surface area contributed by atoms with Crippen molar-refractivity contribution in [2.45, 2.75) is 45.1 Å². The first-order valence-electron chi connectivity index (χ1n) is 7.05. The van der Waals surface area contributed by atoms with E-state index in [1.165, 1.54) is 0 Å². The Bertz CT molecular complexity index is 420. The van der Waals surface area contributed by atoms with E-state index >= 15 is 0 Å². The number of esters is 1. The lowest BCUT2D eigenvalue weighted by Gasteiger charge is -2.23. The van der Waals surface area contributed by atoms with Crippen LogP contribution in [-0.4, -0.2) is 56.4 Å². The molecule has 1 unspecified atom stereocenters. The van der Waals surface area contributed by atoms with E-state index in [0.717, 1.165) is 25.7 Å². The summed E-state index contributed by atoms with van der Waals surface area (Å²) in [6.45, 7) is 2.72. The topological polar surface area (TPSA) is 80.8 Å². The first kappa shape index (κ1) is 16.9. The van der Waals surface area contributed by atoms with Crippen LogP contribution in [0.15, 0.2) is 0 Å². The summed E-state index contributed by atoms with van der Waals surface area (Å²) >= 11 is 0. The lowest BCUT2D eigenvalue weighted by atomic mass is 10.1. The molecule has 0 aromatic carbocycles. The molecule has 0 radical (unpaired) electrons. The molecular formula is C13H23NO5S. The van der Waals surface area contributed by atoms with Crippen LogP contribution >= 0.6 is 0 Å². The molecule has 0 aromatic rings. The number of nitrogens with zero attached hydrogens (tertiary/aromatic N) is 1. The highest BCUT2D eigenvalue weighted by Crippen LogP contribution is 2.17. The summed E-state index contributed by atoms with van der Waals surface area (Å²) in [5, 5.41) is 0. The first-order valence-corrected chi connectivity index (χ1v) is 8.87. The van der Waals surface area contributed by atoms with Crippen LogP contribution in [0.25, 0.3) is 0 Å². The zero-order chi connectivity index (χ0) is 15.0. The Hall–Kier alpha value is -1.11. The zero-order valence-electron chi connectivity index (χ0n) is 11.9. The van der Waals surface area contributed by atoms with E-state index in [-0.39, 0.29) is 23.5 Å². The Morgan fingerprint density at radius 1 is 1.35 bits per heavy atom. The van der Waals surface area contributed by atoms with Gasteiger partial charge < -0.3 is 9.64 Å². The van der Waals surface area contributed by atoms with Crippen molar-refractivity contribution in [2.75, 3.05) is 24.7 Å². The maximum absolute atomic E-state index is 11.4. The van der Waals surface area contributed by atoms with Crippen LogP contribution in [-0.2, 0) is 24.2 Å². The predicted molar refractivity (Wildman–Crippen MR) is 74.9 cm³/mol. The summed E-state index contributed by atoms with van der Waals surface area (Å²) in [5.74, 6) is 0.0565. The molecule has 1 heterocycles. The number of ether oxygens (including phenoxy) is 1. The van der Waals surface area contributed by atoms with Crippen LogP contribution in [0.4, 0.5) is 0 Å². The van der Waals surface area contributed by atoms with Gasteiger partial charge in [-0.15, -0.1) is 0 Å². The van der Waals surface area contributed by atoms with Crippen LogP contribution < -0.4 is 0 Å². The van der Waals surface area contributed by atoms with Gasteiger partial charge in [0.15, 0.2) is 9.84 Å². The van der Waals surface area contributed by atoms with Crippen molar-refractivity contribution in [3.05, 3.63) is 0 Å². The third-order valence-electron chi connectivity index (χ3n) is 3.42. The Morgan fingerprint density at radius 3 is 2.65 bits per heavy atom. The fourth-order valence-corrected chi connectivity index (χ4v) is 4.07. The largest absolute Gasteiger partial charge is 0.466 e. The third-order valence-corrected chi connectivity index (χ3v) is 5.17. The molecule has 1 fully saturated rings. The third kappa shape index (κ3) is 5.90. The summed E-state index contributed by atoms with van der Waals surface area (Å²) < 4.78 is 27.6. The van der Waals surface area contributed by atoms with Gasteiger partial charge in [0.05, 0.1) is 18.1 Å². The Labute approximate surface area is 120 Å². The van der Waals surface area contributed by atoms with Crippen molar-refractivity contribution >= 4 is 22.2 Å². The number of hydrogen-bond donors (Lipinski definition) is 0. The second-order valence-corrected chi connectivity index (χ2v) is 7.24. The van der Waals surface area contributed by atoms with E-state index in [2.05, 4.69) is 0 Å². The number of carbonyl (C=O) groups excluding carboxylic acids is 2. The lowest BCUT2D eigenvalue weighted by Crippen LogP contribution is -2.35. The van der Waals surface area contributed by atoms with Crippen LogP contribution in [0.2, 0.25) is 0 Å². The maximum Gasteiger partial charge on any atom is 0.305 e. The summed E-state index contributed by atoms with van der Waals surface area (Å²) in [5.41, 5.74) is 0. The van der Waals surface area contributed by atoms with Crippen molar-refractivity contribution in [2.24, 2.45) is 0 Å². The van der Waals surface area contributed by atoms with Crippen LogP contribution in [0, 0.1) is 0 Å². The smallest absolute Gasteiger partial charge is 0.305 e. The van der Waals surface area contributed by atoms with Gasteiger partial charge in [-0.3, -0.25) is 9.59 Å². The molecule has 0 aliphatic carbocycles. The standard InChI is InChI=1S/C13H23NO5S/c1-2-19-13(16)6-4-3-5-8-14(11-15)12-7-9-20(17,18)10-12/h11-12H,2-10H2,1H3. The molecule has 0 N–H and O–H groups in total. The van der Waals surface area contributed by atoms with Crippen molar-refractivity contribution < 1.29 is 22.7 Å². The highest BCUT2D eigenvalue weighted by Gasteiger charge is 2.31. The van der Waals surface area contributed by atoms with Gasteiger partial charge in [0.25, 0.3) is 0 Å². The van der Waals surface area contributed by atoms with E-state index in [1.54, 1.807) is 11.8 Å². The number of amides is 1. The lowest BCUT2D eigenvalue weighted by molar-refractivity contribution is -0.143. The number of sulfone groups is 1. The van der Waals surface area contributed by atoms with Gasteiger partial charge in [0.1, 0.15) is 0 Å². The summed E-state index contributed by atoms with van der Waals surface area (Å²) in [6.07, 6.45) is 3.99. The maximum atomic E-state index is 11.4. The first-order chi connectivity index (χ1) is 9.48. The molecule has 6 nitrogen and oxygen atoms in total. The summed E-state index contributed by atoms with van der Waals surface area (Å²) in [6, 6.07) is -0.178. The van der Waals surface area contributed by atoms with Gasteiger partial charge in [0.2, 0.25) is 6.41 Å². The Balaban J connectivity index is 2.19. The molecule has 0 aromatic heterocycles. The van der Waals surface area contributed by atoms with E-state index in [0.29, 0.717) is 26.0 Å². The summed E-state index contributed by atoms with van der Waals surface area (Å²) in [4.78, 5) is 23.7. The molecule has 7 heteroatoms. The second kappa shape index (κ2) is 8.24. The average Bonchev–Trinajstić information content (AvgIpc) is 2.74. The Kier molecular flexibility index (Phi) is 6.98. The van der Waals surface area contributed by atoms with Crippen LogP contribution in [0.3, 0.4) is 0 Å². The van der Waals surface area contributed by atoms with Gasteiger partial charge in [-0.2, -0.15) is 0 Å². The molecule has 1 saturated heterocycles. The molecule has 1 aliphatic rings. The molecule has 116 valence electrons. The SMILES string of the molecule is CCOC(=O)CCCCCN(C=O)C1CCS(=O)(=O)C1. The molecule has 0 spiro atoms. The van der Waals surface area contributed by atoms with E-state index in [9.17, 15) is 18.0 Å². The normalized spacial score (nSPS) is 20.6. The van der Waals surface area contributed by atoms with Crippen molar-refractivity contribution in [1.82, 2.24) is 4.90 Å². The minimum atomic E-state index is -2.97. The number of carbonyl (C=O) groups is 2. The fraction of sp³-hybridized carbons (Fsp3) is 0.846. The van der Waals surface area contributed by atoms with Gasteiger partial charge in [-0.25, -0.2) is 8.42 Å². The molecule has 0 bridgehead atoms. The van der Waals surface area contributed by atoms with E-state index in [1.807, 2.05) is 0 Å². The molecule has 1 atom stereocenters. The van der Waals surface area contributed by atoms with Crippen molar-refractivity contribution in [3.8, 4) is 0 Å². The predicted octanol–water partition coefficient (Wildman–Crippen LogP) is 0.755. The molecule has 20 heavy (non-hydrogen) atoms. The fourth-order valence-electron chi connectivity index (χ4n) is 2.33. The van der Waals surface area contributed by atoms with Gasteiger partial charge in [0, 0.05) is 19.0 Å². The van der Waals surface area contributed by atoms with Crippen LogP contribution in [0.5, 0.6) is 0 Å². The minimum Gasteiger partial charge on any atom is -0.466 e. The quantitative estimate of drug-likeness (QED) is 0.357. The van der Waals surface area contributed by atoms with Gasteiger partial charge in [-0.1, -0.05) is 6.42 Å². The molecule has 1 aliphatic heterocycles. The highest BCUT2D eigenvalue weighted by molar-refractivity contribution is 7.91. The number of unbranched alkanes of at least 4 members (excludes halogenated alkanes) is 2. The van der Waals surface area contributed by atoms with E-state index < -0.39 is 9.84 Å². The van der Waals surface area contributed by atoms with E-state index in [4.69, 9.17) is 4.74 Å². The highest BCUT2D eigenvalue weighted by atomic mass is 32.2.